The Labute approximate surface area is 168 Å². The Morgan fingerprint density at radius 3 is 2.34 bits per heavy atom. The van der Waals surface area contributed by atoms with Gasteiger partial charge in [0.15, 0.2) is 0 Å². The summed E-state index contributed by atoms with van der Waals surface area (Å²) in [6.45, 7) is 6.43. The molecule has 2 unspecified atom stereocenters. The maximum atomic E-state index is 13.4. The van der Waals surface area contributed by atoms with E-state index >= 15 is 0 Å². The van der Waals surface area contributed by atoms with Crippen LogP contribution in [0.15, 0.2) is 48.5 Å². The van der Waals surface area contributed by atoms with E-state index in [-0.39, 0.29) is 23.0 Å². The molecule has 0 amide bonds. The topological polar surface area (TPSA) is 85.5 Å². The van der Waals surface area contributed by atoms with Gasteiger partial charge in [-0.1, -0.05) is 45.0 Å². The average molecular weight is 388 g/mol. The number of aromatic nitrogens is 2. The lowest BCUT2D eigenvalue weighted by Gasteiger charge is -2.29. The smallest absolute Gasteiger partial charge is 0.244 e. The number of nitrogens with one attached hydrogen (secondary N) is 2. The molecule has 6 heteroatoms. The van der Waals surface area contributed by atoms with E-state index in [1.54, 1.807) is 12.1 Å². The molecule has 1 aromatic heterocycles. The van der Waals surface area contributed by atoms with Crippen LogP contribution in [0.25, 0.3) is 11.3 Å². The minimum Gasteiger partial charge on any atom is -0.422 e. The maximum Gasteiger partial charge on any atom is 0.244 e. The van der Waals surface area contributed by atoms with Gasteiger partial charge < -0.3 is 4.74 Å². The summed E-state index contributed by atoms with van der Waals surface area (Å²) in [5, 5.41) is 25.1. The van der Waals surface area contributed by atoms with Gasteiger partial charge in [0.2, 0.25) is 11.8 Å². The van der Waals surface area contributed by atoms with Crippen LogP contribution in [0.5, 0.6) is 5.88 Å². The zero-order valence-corrected chi connectivity index (χ0v) is 16.5. The van der Waals surface area contributed by atoms with Crippen molar-refractivity contribution in [2.24, 2.45) is 5.92 Å². The Morgan fingerprint density at radius 1 is 1.10 bits per heavy atom. The number of nitriles is 1. The molecular formula is C23H21FN4O. The number of aromatic amines is 1. The largest absolute Gasteiger partial charge is 0.422 e. The summed E-state index contributed by atoms with van der Waals surface area (Å²) >= 11 is 0. The van der Waals surface area contributed by atoms with E-state index in [2.05, 4.69) is 49.2 Å². The molecule has 2 heterocycles. The first-order chi connectivity index (χ1) is 13.8. The van der Waals surface area contributed by atoms with Gasteiger partial charge in [0.1, 0.15) is 11.7 Å². The lowest BCUT2D eigenvalue weighted by Crippen LogP contribution is -2.31. The molecule has 3 aromatic rings. The fourth-order valence-electron chi connectivity index (χ4n) is 3.71. The third-order valence-electron chi connectivity index (χ3n) is 5.31. The quantitative estimate of drug-likeness (QED) is 0.636. The molecule has 0 fully saturated rings. The first-order valence-corrected chi connectivity index (χ1v) is 9.40. The van der Waals surface area contributed by atoms with Crippen LogP contribution in [-0.2, 0) is 5.41 Å². The highest BCUT2D eigenvalue weighted by atomic mass is 19.1. The predicted molar refractivity (Wildman–Crippen MR) is 108 cm³/mol. The van der Waals surface area contributed by atoms with Crippen LogP contribution in [0.4, 0.5) is 4.39 Å². The average Bonchev–Trinajstić information content (AvgIpc) is 3.10. The van der Waals surface area contributed by atoms with E-state index in [9.17, 15) is 9.65 Å². The summed E-state index contributed by atoms with van der Waals surface area (Å²) in [6, 6.07) is 16.4. The van der Waals surface area contributed by atoms with E-state index in [1.165, 1.54) is 17.7 Å². The van der Waals surface area contributed by atoms with Gasteiger partial charge >= 0.3 is 0 Å². The number of benzene rings is 2. The molecule has 5 nitrogen and oxygen atoms in total. The van der Waals surface area contributed by atoms with E-state index in [0.29, 0.717) is 11.3 Å². The molecule has 0 radical (unpaired) electrons. The minimum atomic E-state index is -0.778. The Kier molecular flexibility index (Phi) is 4.46. The Morgan fingerprint density at radius 2 is 1.76 bits per heavy atom. The number of hydrogen-bond donors (Lipinski definition) is 2. The predicted octanol–water partition coefficient (Wildman–Crippen LogP) is 5.15. The van der Waals surface area contributed by atoms with E-state index < -0.39 is 11.8 Å². The Bertz CT molecular complexity index is 1100. The summed E-state index contributed by atoms with van der Waals surface area (Å²) in [4.78, 5) is 0. The van der Waals surface area contributed by atoms with Crippen LogP contribution in [0.1, 0.15) is 43.4 Å². The SMILES string of the molecule is CC(C)(C)c1ccc(C2c3c(n[nH]c3-c3ccc(F)cc3)OC(=N)C2C#N)cc1. The number of nitrogens with zero attached hydrogens (tertiary/aromatic N) is 2. The third-order valence-corrected chi connectivity index (χ3v) is 5.31. The fraction of sp³-hybridized carbons (Fsp3) is 0.261. The molecule has 0 bridgehead atoms. The molecular weight excluding hydrogens is 367 g/mol. The Hall–Kier alpha value is -3.46. The van der Waals surface area contributed by atoms with Gasteiger partial charge in [0, 0.05) is 11.5 Å². The molecule has 29 heavy (non-hydrogen) atoms. The van der Waals surface area contributed by atoms with Crippen molar-refractivity contribution in [3.63, 3.8) is 0 Å². The monoisotopic (exact) mass is 388 g/mol. The van der Waals surface area contributed by atoms with Crippen LogP contribution in [0.3, 0.4) is 0 Å². The molecule has 0 saturated heterocycles. The second kappa shape index (κ2) is 6.85. The van der Waals surface area contributed by atoms with Crippen molar-refractivity contribution >= 4 is 5.90 Å². The van der Waals surface area contributed by atoms with Crippen molar-refractivity contribution in [2.75, 3.05) is 0 Å². The lowest BCUT2D eigenvalue weighted by molar-refractivity contribution is 0.437. The highest BCUT2D eigenvalue weighted by molar-refractivity contribution is 5.86. The van der Waals surface area contributed by atoms with Gasteiger partial charge in [-0.05, 0) is 40.8 Å². The minimum absolute atomic E-state index is 0.00954. The van der Waals surface area contributed by atoms with Gasteiger partial charge in [-0.15, -0.1) is 5.10 Å². The number of H-pyrrole nitrogens is 1. The Balaban J connectivity index is 1.87. The summed E-state index contributed by atoms with van der Waals surface area (Å²) in [6.07, 6.45) is 0. The lowest BCUT2D eigenvalue weighted by atomic mass is 9.77. The van der Waals surface area contributed by atoms with Gasteiger partial charge in [-0.2, -0.15) is 5.26 Å². The summed E-state index contributed by atoms with van der Waals surface area (Å²) in [7, 11) is 0. The molecule has 2 atom stereocenters. The number of fused-ring (bicyclic) bond motifs is 1. The number of rotatable bonds is 2. The zero-order chi connectivity index (χ0) is 20.8. The van der Waals surface area contributed by atoms with Gasteiger partial charge in [-0.25, -0.2) is 4.39 Å². The zero-order valence-electron chi connectivity index (χ0n) is 16.5. The van der Waals surface area contributed by atoms with E-state index in [4.69, 9.17) is 10.1 Å². The molecule has 2 aromatic carbocycles. The van der Waals surface area contributed by atoms with Crippen molar-refractivity contribution in [2.45, 2.75) is 32.1 Å². The van der Waals surface area contributed by atoms with Crippen molar-refractivity contribution < 1.29 is 9.13 Å². The molecule has 0 aliphatic carbocycles. The fourth-order valence-corrected chi connectivity index (χ4v) is 3.71. The molecule has 146 valence electrons. The first-order valence-electron chi connectivity index (χ1n) is 9.40. The molecule has 0 saturated carbocycles. The highest BCUT2D eigenvalue weighted by Crippen LogP contribution is 2.45. The van der Waals surface area contributed by atoms with Crippen molar-refractivity contribution in [1.82, 2.24) is 10.2 Å². The first kappa shape index (κ1) is 18.9. The molecule has 1 aliphatic heterocycles. The van der Waals surface area contributed by atoms with Crippen molar-refractivity contribution in [1.29, 1.82) is 10.7 Å². The van der Waals surface area contributed by atoms with E-state index in [0.717, 1.165) is 11.1 Å². The molecule has 2 N–H and O–H groups in total. The summed E-state index contributed by atoms with van der Waals surface area (Å²) in [5.41, 5.74) is 4.22. The van der Waals surface area contributed by atoms with Crippen molar-refractivity contribution in [3.05, 3.63) is 71.0 Å². The van der Waals surface area contributed by atoms with E-state index in [1.807, 2.05) is 12.1 Å². The van der Waals surface area contributed by atoms with Gasteiger partial charge in [-0.3, -0.25) is 10.5 Å². The summed E-state index contributed by atoms with van der Waals surface area (Å²) in [5.74, 6) is -1.36. The van der Waals surface area contributed by atoms with Crippen LogP contribution < -0.4 is 4.74 Å². The number of ether oxygens (including phenoxy) is 1. The standard InChI is InChI=1S/C23H21FN4O/c1-23(2,3)15-8-4-13(5-9-15)18-17(12-25)21(26)29-22-19(18)20(27-28-22)14-6-10-16(24)11-7-14/h4-11,17-18,26H,1-3H3,(H,27,28). The van der Waals surface area contributed by atoms with Gasteiger partial charge in [0.25, 0.3) is 0 Å². The molecule has 1 aliphatic rings. The molecule has 4 rings (SSSR count). The third kappa shape index (κ3) is 3.29. The number of hydrogen-bond acceptors (Lipinski definition) is 4. The normalized spacial score (nSPS) is 18.7. The van der Waals surface area contributed by atoms with Crippen LogP contribution >= 0.6 is 0 Å². The highest BCUT2D eigenvalue weighted by Gasteiger charge is 2.40. The second-order valence-electron chi connectivity index (χ2n) is 8.25. The number of halogens is 1. The summed E-state index contributed by atoms with van der Waals surface area (Å²) < 4.78 is 18.9. The van der Waals surface area contributed by atoms with Gasteiger partial charge in [0.05, 0.1) is 17.3 Å². The van der Waals surface area contributed by atoms with Crippen molar-refractivity contribution in [3.8, 4) is 23.2 Å². The second-order valence-corrected chi connectivity index (χ2v) is 8.25. The maximum absolute atomic E-state index is 13.4. The van der Waals surface area contributed by atoms with Crippen LogP contribution in [-0.4, -0.2) is 16.1 Å². The molecule has 0 spiro atoms. The van der Waals surface area contributed by atoms with Crippen LogP contribution in [0, 0.1) is 28.5 Å². The van der Waals surface area contributed by atoms with Crippen LogP contribution in [0.2, 0.25) is 0 Å².